The van der Waals surface area contributed by atoms with Crippen LogP contribution < -0.4 is 5.32 Å². The standard InChI is InChI=1S/C9H13NO4S/c1-14-8(11)5-15-7-2-3-10-4-6(7)9(12)13/h10H,2-5H2,1H3,(H,12,13). The molecule has 0 aromatic heterocycles. The number of methoxy groups -OCH3 is 1. The highest BCUT2D eigenvalue weighted by Gasteiger charge is 2.19. The molecule has 84 valence electrons. The number of thioether (sulfide) groups is 1. The van der Waals surface area contributed by atoms with Crippen LogP contribution in [0.3, 0.4) is 0 Å². The van der Waals surface area contributed by atoms with Crippen LogP contribution in [0.25, 0.3) is 0 Å². The van der Waals surface area contributed by atoms with Gasteiger partial charge in [0.15, 0.2) is 0 Å². The van der Waals surface area contributed by atoms with Gasteiger partial charge in [-0.3, -0.25) is 4.79 Å². The minimum Gasteiger partial charge on any atom is -0.478 e. The van der Waals surface area contributed by atoms with Gasteiger partial charge >= 0.3 is 11.9 Å². The molecule has 1 aliphatic heterocycles. The molecule has 0 fully saturated rings. The third kappa shape index (κ3) is 3.56. The van der Waals surface area contributed by atoms with Crippen molar-refractivity contribution in [3.05, 3.63) is 10.5 Å². The summed E-state index contributed by atoms with van der Waals surface area (Å²) >= 11 is 1.25. The van der Waals surface area contributed by atoms with Crippen LogP contribution in [0.2, 0.25) is 0 Å². The first-order chi connectivity index (χ1) is 7.15. The summed E-state index contributed by atoms with van der Waals surface area (Å²) in [5.41, 5.74) is 0.357. The lowest BCUT2D eigenvalue weighted by Gasteiger charge is -2.17. The monoisotopic (exact) mass is 231 g/mol. The molecule has 0 aromatic carbocycles. The summed E-state index contributed by atoms with van der Waals surface area (Å²) in [5.74, 6) is -1.09. The Bertz CT molecular complexity index is 300. The van der Waals surface area contributed by atoms with Gasteiger partial charge in [-0.2, -0.15) is 0 Å². The van der Waals surface area contributed by atoms with E-state index in [9.17, 15) is 9.59 Å². The van der Waals surface area contributed by atoms with Gasteiger partial charge < -0.3 is 15.2 Å². The largest absolute Gasteiger partial charge is 0.478 e. The Hall–Kier alpha value is -1.01. The predicted molar refractivity (Wildman–Crippen MR) is 56.6 cm³/mol. The number of hydrogen-bond donors (Lipinski definition) is 2. The van der Waals surface area contributed by atoms with Crippen molar-refractivity contribution in [2.45, 2.75) is 6.42 Å². The zero-order valence-electron chi connectivity index (χ0n) is 8.41. The Morgan fingerprint density at radius 2 is 2.33 bits per heavy atom. The Morgan fingerprint density at radius 1 is 1.60 bits per heavy atom. The second-order valence-corrected chi connectivity index (χ2v) is 4.07. The molecule has 2 N–H and O–H groups in total. The van der Waals surface area contributed by atoms with E-state index in [4.69, 9.17) is 5.11 Å². The first-order valence-electron chi connectivity index (χ1n) is 4.50. The average Bonchev–Trinajstić information content (AvgIpc) is 2.26. The lowest BCUT2D eigenvalue weighted by atomic mass is 10.1. The highest BCUT2D eigenvalue weighted by Crippen LogP contribution is 2.25. The number of nitrogens with one attached hydrogen (secondary N) is 1. The smallest absolute Gasteiger partial charge is 0.333 e. The van der Waals surface area contributed by atoms with Crippen molar-refractivity contribution < 1.29 is 19.4 Å². The third-order valence-electron chi connectivity index (χ3n) is 2.02. The summed E-state index contributed by atoms with van der Waals surface area (Å²) in [4.78, 5) is 22.5. The Morgan fingerprint density at radius 3 is 2.93 bits per heavy atom. The summed E-state index contributed by atoms with van der Waals surface area (Å²) in [7, 11) is 1.32. The number of rotatable bonds is 4. The molecule has 0 saturated heterocycles. The van der Waals surface area contributed by atoms with Gasteiger partial charge in [-0.25, -0.2) is 4.79 Å². The molecule has 1 aliphatic rings. The van der Waals surface area contributed by atoms with Gasteiger partial charge in [-0.05, 0) is 11.3 Å². The van der Waals surface area contributed by atoms with E-state index in [1.807, 2.05) is 0 Å². The maximum Gasteiger partial charge on any atom is 0.333 e. The molecule has 15 heavy (non-hydrogen) atoms. The van der Waals surface area contributed by atoms with Crippen molar-refractivity contribution in [1.29, 1.82) is 0 Å². The lowest BCUT2D eigenvalue weighted by Crippen LogP contribution is -2.28. The van der Waals surface area contributed by atoms with Gasteiger partial charge in [0.1, 0.15) is 0 Å². The topological polar surface area (TPSA) is 75.6 Å². The molecule has 0 aliphatic carbocycles. The average molecular weight is 231 g/mol. The van der Waals surface area contributed by atoms with E-state index in [0.717, 1.165) is 11.4 Å². The van der Waals surface area contributed by atoms with Gasteiger partial charge in [0.2, 0.25) is 0 Å². The summed E-state index contributed by atoms with van der Waals surface area (Å²) in [6.07, 6.45) is 0.656. The summed E-state index contributed by atoms with van der Waals surface area (Å²) in [6, 6.07) is 0. The molecule has 5 nitrogen and oxygen atoms in total. The van der Waals surface area contributed by atoms with Crippen LogP contribution in [0.15, 0.2) is 10.5 Å². The normalized spacial score (nSPS) is 16.3. The number of esters is 1. The fraction of sp³-hybridized carbons (Fsp3) is 0.556. The Labute approximate surface area is 91.9 Å². The second-order valence-electron chi connectivity index (χ2n) is 3.00. The van der Waals surface area contributed by atoms with Crippen molar-refractivity contribution in [2.75, 3.05) is 26.0 Å². The quantitative estimate of drug-likeness (QED) is 0.674. The first kappa shape index (κ1) is 12.1. The molecule has 0 aromatic rings. The predicted octanol–water partition coefficient (Wildman–Crippen LogP) is 0.225. The molecule has 6 heteroatoms. The molecule has 0 bridgehead atoms. The fourth-order valence-corrected chi connectivity index (χ4v) is 2.21. The van der Waals surface area contributed by atoms with Crippen molar-refractivity contribution in [2.24, 2.45) is 0 Å². The molecule has 0 unspecified atom stereocenters. The SMILES string of the molecule is COC(=O)CSC1=C(C(=O)O)CNCC1. The van der Waals surface area contributed by atoms with Crippen LogP contribution in [0.4, 0.5) is 0 Å². The van der Waals surface area contributed by atoms with E-state index in [-0.39, 0.29) is 11.7 Å². The highest BCUT2D eigenvalue weighted by molar-refractivity contribution is 8.03. The molecule has 0 amide bonds. The van der Waals surface area contributed by atoms with E-state index in [2.05, 4.69) is 10.1 Å². The second kappa shape index (κ2) is 5.77. The van der Waals surface area contributed by atoms with Crippen molar-refractivity contribution in [3.63, 3.8) is 0 Å². The van der Waals surface area contributed by atoms with E-state index in [1.165, 1.54) is 18.9 Å². The zero-order chi connectivity index (χ0) is 11.3. The van der Waals surface area contributed by atoms with E-state index < -0.39 is 5.97 Å². The molecule has 1 rings (SSSR count). The number of ether oxygens (including phenoxy) is 1. The van der Waals surface area contributed by atoms with Crippen LogP contribution >= 0.6 is 11.8 Å². The van der Waals surface area contributed by atoms with Crippen LogP contribution in [0.1, 0.15) is 6.42 Å². The van der Waals surface area contributed by atoms with Crippen LogP contribution in [0.5, 0.6) is 0 Å². The maximum atomic E-state index is 10.9. The number of carbonyl (C=O) groups is 2. The van der Waals surface area contributed by atoms with Crippen molar-refractivity contribution in [3.8, 4) is 0 Å². The number of carbonyl (C=O) groups excluding carboxylic acids is 1. The molecular weight excluding hydrogens is 218 g/mol. The Balaban J connectivity index is 2.62. The van der Waals surface area contributed by atoms with E-state index >= 15 is 0 Å². The van der Waals surface area contributed by atoms with Gasteiger partial charge in [-0.15, -0.1) is 11.8 Å². The van der Waals surface area contributed by atoms with Crippen molar-refractivity contribution >= 4 is 23.7 Å². The third-order valence-corrected chi connectivity index (χ3v) is 3.20. The Kier molecular flexibility index (Phi) is 4.64. The molecule has 0 radical (unpaired) electrons. The van der Waals surface area contributed by atoms with Gasteiger partial charge in [0.05, 0.1) is 18.4 Å². The minimum absolute atomic E-state index is 0.169. The highest BCUT2D eigenvalue weighted by atomic mass is 32.2. The number of carboxylic acid groups (broad SMARTS) is 1. The number of aliphatic carboxylic acids is 1. The molecular formula is C9H13NO4S. The number of carboxylic acids is 1. The summed E-state index contributed by atoms with van der Waals surface area (Å²) in [6.45, 7) is 1.11. The van der Waals surface area contributed by atoms with Crippen molar-refractivity contribution in [1.82, 2.24) is 5.32 Å². The summed E-state index contributed by atoms with van der Waals surface area (Å²) in [5, 5.41) is 11.9. The maximum absolute atomic E-state index is 10.9. The summed E-state index contributed by atoms with van der Waals surface area (Å²) < 4.78 is 4.49. The molecule has 1 heterocycles. The fourth-order valence-electron chi connectivity index (χ4n) is 1.22. The van der Waals surface area contributed by atoms with Crippen LogP contribution in [-0.4, -0.2) is 43.0 Å². The lowest BCUT2D eigenvalue weighted by molar-refractivity contribution is -0.137. The van der Waals surface area contributed by atoms with Crippen LogP contribution in [0, 0.1) is 0 Å². The van der Waals surface area contributed by atoms with Gasteiger partial charge in [0.25, 0.3) is 0 Å². The van der Waals surface area contributed by atoms with Gasteiger partial charge in [-0.1, -0.05) is 0 Å². The molecule has 0 spiro atoms. The van der Waals surface area contributed by atoms with E-state index in [0.29, 0.717) is 18.5 Å². The van der Waals surface area contributed by atoms with E-state index in [1.54, 1.807) is 0 Å². The zero-order valence-corrected chi connectivity index (χ0v) is 9.23. The molecule has 0 atom stereocenters. The van der Waals surface area contributed by atoms with Crippen LogP contribution in [-0.2, 0) is 14.3 Å². The van der Waals surface area contributed by atoms with Gasteiger partial charge in [0, 0.05) is 13.1 Å². The first-order valence-corrected chi connectivity index (χ1v) is 5.49. The minimum atomic E-state index is -0.922. The molecule has 0 saturated carbocycles. The number of hydrogen-bond acceptors (Lipinski definition) is 5.